The number of nitrogens with zero attached hydrogens (tertiary/aromatic N) is 4. The predicted octanol–water partition coefficient (Wildman–Crippen LogP) is 3.77. The fraction of sp³-hybridized carbons (Fsp3) is 0.455. The van der Waals surface area contributed by atoms with E-state index in [1.165, 1.54) is 0 Å². The number of aromatic nitrogens is 1. The number of halogens is 1. The number of hydrogen-bond acceptors (Lipinski definition) is 4. The summed E-state index contributed by atoms with van der Waals surface area (Å²) in [4.78, 5) is 13.8. The molecule has 0 saturated carbocycles. The van der Waals surface area contributed by atoms with E-state index in [4.69, 9.17) is 9.73 Å². The van der Waals surface area contributed by atoms with Gasteiger partial charge in [0.15, 0.2) is 5.96 Å². The normalized spacial score (nSPS) is 14.9. The fourth-order valence-corrected chi connectivity index (χ4v) is 3.26. The van der Waals surface area contributed by atoms with Gasteiger partial charge >= 0.3 is 0 Å². The van der Waals surface area contributed by atoms with E-state index in [1.54, 1.807) is 0 Å². The number of benzene rings is 1. The summed E-state index contributed by atoms with van der Waals surface area (Å²) in [6.07, 6.45) is 2.25. The number of hydrogen-bond donors (Lipinski definition) is 1. The molecule has 1 saturated heterocycles. The summed E-state index contributed by atoms with van der Waals surface area (Å²) in [6.45, 7) is 5.41. The summed E-state index contributed by atoms with van der Waals surface area (Å²) in [6, 6.07) is 16.2. The van der Waals surface area contributed by atoms with Crippen molar-refractivity contribution in [3.8, 4) is 5.75 Å². The number of ether oxygens (including phenoxy) is 1. The Morgan fingerprint density at radius 1 is 1.14 bits per heavy atom. The number of para-hydroxylation sites is 1. The topological polar surface area (TPSA) is 53.0 Å². The fourth-order valence-electron chi connectivity index (χ4n) is 3.26. The van der Waals surface area contributed by atoms with E-state index < -0.39 is 0 Å². The summed E-state index contributed by atoms with van der Waals surface area (Å²) >= 11 is 0. The van der Waals surface area contributed by atoms with Crippen molar-refractivity contribution >= 4 is 35.8 Å². The van der Waals surface area contributed by atoms with Crippen LogP contribution < -0.4 is 15.0 Å². The third-order valence-corrected chi connectivity index (χ3v) is 4.76. The number of likely N-dealkylation sites (tertiary alicyclic amines) is 1. The van der Waals surface area contributed by atoms with Gasteiger partial charge in [0.2, 0.25) is 0 Å². The molecule has 6 nitrogen and oxygen atoms in total. The molecular weight excluding hydrogens is 477 g/mol. The summed E-state index contributed by atoms with van der Waals surface area (Å²) in [5.41, 5.74) is 0.976. The highest BCUT2D eigenvalue weighted by atomic mass is 127. The first kappa shape index (κ1) is 23.3. The summed E-state index contributed by atoms with van der Waals surface area (Å²) in [7, 11) is 4.00. The molecule has 1 aromatic carbocycles. The average molecular weight is 509 g/mol. The minimum atomic E-state index is 0. The highest BCUT2D eigenvalue weighted by Gasteiger charge is 2.22. The van der Waals surface area contributed by atoms with Crippen LogP contribution in [0.5, 0.6) is 5.75 Å². The number of guanidine groups is 1. The average Bonchev–Trinajstić information content (AvgIpc) is 2.73. The number of nitrogens with one attached hydrogen (secondary N) is 1. The molecule has 2 heterocycles. The quantitative estimate of drug-likeness (QED) is 0.365. The maximum Gasteiger partial charge on any atom is 0.194 e. The smallest absolute Gasteiger partial charge is 0.194 e. The Bertz CT molecular complexity index is 761. The van der Waals surface area contributed by atoms with E-state index in [1.807, 2.05) is 67.5 Å². The Morgan fingerprint density at radius 2 is 1.86 bits per heavy atom. The van der Waals surface area contributed by atoms with E-state index in [0.29, 0.717) is 6.54 Å². The molecule has 1 aromatic heterocycles. The van der Waals surface area contributed by atoms with E-state index in [0.717, 1.165) is 55.7 Å². The number of piperidine rings is 1. The molecular formula is C22H32IN5O. The second-order valence-corrected chi connectivity index (χ2v) is 7.17. The summed E-state index contributed by atoms with van der Waals surface area (Å²) < 4.78 is 6.11. The molecule has 0 aliphatic carbocycles. The van der Waals surface area contributed by atoms with Gasteiger partial charge in [-0.2, -0.15) is 0 Å². The summed E-state index contributed by atoms with van der Waals surface area (Å²) in [5.74, 6) is 2.86. The molecule has 1 aliphatic heterocycles. The van der Waals surface area contributed by atoms with Crippen LogP contribution in [0.3, 0.4) is 0 Å². The monoisotopic (exact) mass is 509 g/mol. The Kier molecular flexibility index (Phi) is 9.50. The molecule has 0 bridgehead atoms. The maximum absolute atomic E-state index is 6.11. The molecule has 2 aromatic rings. The van der Waals surface area contributed by atoms with Crippen LogP contribution in [-0.4, -0.2) is 55.7 Å². The van der Waals surface area contributed by atoms with Gasteiger partial charge in [-0.3, -0.25) is 0 Å². The third kappa shape index (κ3) is 7.06. The van der Waals surface area contributed by atoms with Gasteiger partial charge in [0.1, 0.15) is 17.7 Å². The number of rotatable bonds is 6. The van der Waals surface area contributed by atoms with Gasteiger partial charge in [0.25, 0.3) is 0 Å². The predicted molar refractivity (Wildman–Crippen MR) is 130 cm³/mol. The molecule has 158 valence electrons. The van der Waals surface area contributed by atoms with Crippen molar-refractivity contribution in [2.24, 2.45) is 4.99 Å². The van der Waals surface area contributed by atoms with Crippen molar-refractivity contribution in [1.29, 1.82) is 0 Å². The molecule has 0 unspecified atom stereocenters. The van der Waals surface area contributed by atoms with Gasteiger partial charge in [-0.05, 0) is 31.2 Å². The Hall–Kier alpha value is -2.03. The van der Waals surface area contributed by atoms with Crippen LogP contribution >= 0.6 is 24.0 Å². The van der Waals surface area contributed by atoms with Crippen LogP contribution in [0.4, 0.5) is 5.82 Å². The largest absolute Gasteiger partial charge is 0.490 e. The first-order chi connectivity index (χ1) is 13.7. The van der Waals surface area contributed by atoms with Gasteiger partial charge < -0.3 is 19.9 Å². The van der Waals surface area contributed by atoms with Crippen molar-refractivity contribution in [3.05, 3.63) is 54.2 Å². The molecule has 0 radical (unpaired) electrons. The van der Waals surface area contributed by atoms with Gasteiger partial charge in [-0.1, -0.05) is 24.3 Å². The van der Waals surface area contributed by atoms with Crippen LogP contribution in [0.25, 0.3) is 0 Å². The molecule has 0 amide bonds. The molecule has 1 N–H and O–H groups in total. The zero-order valence-corrected chi connectivity index (χ0v) is 19.9. The molecule has 0 spiro atoms. The van der Waals surface area contributed by atoms with Gasteiger partial charge in [-0.15, -0.1) is 24.0 Å². The first-order valence-corrected chi connectivity index (χ1v) is 10.0. The van der Waals surface area contributed by atoms with Crippen LogP contribution in [-0.2, 0) is 6.54 Å². The van der Waals surface area contributed by atoms with Crippen LogP contribution in [0.1, 0.15) is 25.5 Å². The van der Waals surface area contributed by atoms with Crippen molar-refractivity contribution in [3.63, 3.8) is 0 Å². The van der Waals surface area contributed by atoms with Crippen LogP contribution in [0.15, 0.2) is 53.5 Å². The van der Waals surface area contributed by atoms with Crippen molar-refractivity contribution in [1.82, 2.24) is 15.2 Å². The third-order valence-electron chi connectivity index (χ3n) is 4.76. The Labute approximate surface area is 191 Å². The second-order valence-electron chi connectivity index (χ2n) is 7.17. The molecule has 29 heavy (non-hydrogen) atoms. The zero-order valence-electron chi connectivity index (χ0n) is 17.5. The van der Waals surface area contributed by atoms with Crippen molar-refractivity contribution in [2.75, 3.05) is 38.6 Å². The number of anilines is 1. The van der Waals surface area contributed by atoms with Crippen molar-refractivity contribution < 1.29 is 4.74 Å². The Balaban J connectivity index is 0.00000300. The van der Waals surface area contributed by atoms with E-state index in [2.05, 4.69) is 22.1 Å². The van der Waals surface area contributed by atoms with Crippen molar-refractivity contribution in [2.45, 2.75) is 32.4 Å². The molecule has 1 fully saturated rings. The highest BCUT2D eigenvalue weighted by molar-refractivity contribution is 14.0. The van der Waals surface area contributed by atoms with Gasteiger partial charge in [-0.25, -0.2) is 9.98 Å². The maximum atomic E-state index is 6.11. The first-order valence-electron chi connectivity index (χ1n) is 10.0. The number of aliphatic imine (C=N–C) groups is 1. The molecule has 7 heteroatoms. The second kappa shape index (κ2) is 11.8. The zero-order chi connectivity index (χ0) is 19.8. The molecule has 0 atom stereocenters. The van der Waals surface area contributed by atoms with Crippen LogP contribution in [0, 0.1) is 0 Å². The van der Waals surface area contributed by atoms with Gasteiger partial charge in [0, 0.05) is 46.6 Å². The standard InChI is InChI=1S/C22H31N5O.HI/c1-4-23-22(24-17-18-9-8-12-21(25-18)26(2)3)27-15-13-20(14-16-27)28-19-10-6-5-7-11-19;/h5-12,20H,4,13-17H2,1-3H3,(H,23,24);1H. The van der Waals surface area contributed by atoms with E-state index in [-0.39, 0.29) is 30.1 Å². The highest BCUT2D eigenvalue weighted by Crippen LogP contribution is 2.19. The molecule has 3 rings (SSSR count). The van der Waals surface area contributed by atoms with E-state index >= 15 is 0 Å². The number of pyridine rings is 1. The minimum Gasteiger partial charge on any atom is -0.490 e. The lowest BCUT2D eigenvalue weighted by atomic mass is 10.1. The Morgan fingerprint density at radius 3 is 2.52 bits per heavy atom. The molecule has 1 aliphatic rings. The van der Waals surface area contributed by atoms with E-state index in [9.17, 15) is 0 Å². The SMILES string of the molecule is CCNC(=NCc1cccc(N(C)C)n1)N1CCC(Oc2ccccc2)CC1.I. The van der Waals surface area contributed by atoms with Crippen LogP contribution in [0.2, 0.25) is 0 Å². The van der Waals surface area contributed by atoms with Gasteiger partial charge in [0.05, 0.1) is 12.2 Å². The lowest BCUT2D eigenvalue weighted by Crippen LogP contribution is -2.47. The lowest BCUT2D eigenvalue weighted by Gasteiger charge is -2.34. The summed E-state index contributed by atoms with van der Waals surface area (Å²) in [5, 5.41) is 3.42. The lowest BCUT2D eigenvalue weighted by molar-refractivity contribution is 0.129. The minimum absolute atomic E-state index is 0.